The lowest BCUT2D eigenvalue weighted by Gasteiger charge is -2.17. The normalized spacial score (nSPS) is 12.5. The first-order valence-corrected chi connectivity index (χ1v) is 8.78. The molecule has 2 aromatic heterocycles. The van der Waals surface area contributed by atoms with Crippen molar-refractivity contribution in [3.05, 3.63) is 71.4 Å². The third-order valence-electron chi connectivity index (χ3n) is 4.79. The van der Waals surface area contributed by atoms with Gasteiger partial charge in [0, 0.05) is 11.8 Å². The van der Waals surface area contributed by atoms with E-state index in [1.165, 1.54) is 25.3 Å². The summed E-state index contributed by atoms with van der Waals surface area (Å²) >= 11 is 0. The average molecular weight is 438 g/mol. The largest absolute Gasteiger partial charge is 0.465 e. The molecule has 2 heterocycles. The van der Waals surface area contributed by atoms with Crippen molar-refractivity contribution in [1.82, 2.24) is 9.38 Å². The van der Waals surface area contributed by atoms with Crippen LogP contribution in [0.15, 0.2) is 54.7 Å². The van der Waals surface area contributed by atoms with Gasteiger partial charge >= 0.3 is 18.3 Å². The van der Waals surface area contributed by atoms with Crippen LogP contribution in [0.25, 0.3) is 27.8 Å². The minimum Gasteiger partial charge on any atom is -0.465 e. The Morgan fingerprint density at radius 3 is 2.32 bits per heavy atom. The van der Waals surface area contributed by atoms with E-state index < -0.39 is 35.0 Å². The Labute approximate surface area is 170 Å². The van der Waals surface area contributed by atoms with Crippen LogP contribution in [0.3, 0.4) is 0 Å². The molecule has 0 spiro atoms. The Hall–Kier alpha value is -3.56. The maximum absolute atomic E-state index is 13.7. The number of benzene rings is 2. The minimum atomic E-state index is -5.05. The first-order valence-electron chi connectivity index (χ1n) is 8.78. The number of rotatable bonds is 2. The van der Waals surface area contributed by atoms with Gasteiger partial charge in [-0.15, -0.1) is 0 Å². The zero-order chi connectivity index (χ0) is 22.6. The molecule has 4 rings (SSSR count). The Kier molecular flexibility index (Phi) is 4.68. The maximum Gasteiger partial charge on any atom is 0.417 e. The molecule has 0 saturated heterocycles. The summed E-state index contributed by atoms with van der Waals surface area (Å²) in [5, 5.41) is 0. The number of nitrogens with zero attached hydrogens (tertiary/aromatic N) is 2. The summed E-state index contributed by atoms with van der Waals surface area (Å²) in [4.78, 5) is 16.1. The number of fused-ring (bicyclic) bond motifs is 3. The Balaban J connectivity index is 2.05. The fourth-order valence-corrected chi connectivity index (χ4v) is 3.38. The molecule has 0 saturated carbocycles. The van der Waals surface area contributed by atoms with E-state index in [4.69, 9.17) is 0 Å². The van der Waals surface area contributed by atoms with Crippen LogP contribution in [0.5, 0.6) is 0 Å². The number of carbonyl (C=O) groups is 1. The number of methoxy groups -OCH3 is 1. The van der Waals surface area contributed by atoms with Crippen molar-refractivity contribution in [1.29, 1.82) is 0 Å². The standard InChI is InChI=1S/C21H12F6N2O2/c1-31-19(30)11-4-7-16-15(9-11)28-18(17-3-2-8-29(16)17)13-6-5-12(20(22,23)24)10-14(13)21(25,26)27/h2-10H,1H3. The monoisotopic (exact) mass is 438 g/mol. The molecule has 10 heteroatoms. The number of ether oxygens (including phenoxy) is 1. The summed E-state index contributed by atoms with van der Waals surface area (Å²) < 4.78 is 86.4. The lowest BCUT2D eigenvalue weighted by atomic mass is 9.99. The van der Waals surface area contributed by atoms with Crippen molar-refractivity contribution in [3.63, 3.8) is 0 Å². The maximum atomic E-state index is 13.7. The van der Waals surface area contributed by atoms with Gasteiger partial charge in [-0.2, -0.15) is 26.3 Å². The fourth-order valence-electron chi connectivity index (χ4n) is 3.38. The first-order chi connectivity index (χ1) is 14.5. The number of halogens is 6. The van der Waals surface area contributed by atoms with Gasteiger partial charge in [0.05, 0.1) is 46.0 Å². The van der Waals surface area contributed by atoms with Crippen LogP contribution in [-0.2, 0) is 17.1 Å². The number of esters is 1. The number of alkyl halides is 6. The molecule has 0 bridgehead atoms. The van der Waals surface area contributed by atoms with E-state index in [1.54, 1.807) is 22.7 Å². The highest BCUT2D eigenvalue weighted by Crippen LogP contribution is 2.42. The Bertz CT molecular complexity index is 1320. The van der Waals surface area contributed by atoms with Gasteiger partial charge in [0.25, 0.3) is 0 Å². The van der Waals surface area contributed by atoms with Crippen LogP contribution in [0, 0.1) is 0 Å². The molecule has 4 nitrogen and oxygen atoms in total. The summed E-state index contributed by atoms with van der Waals surface area (Å²) in [6.45, 7) is 0. The predicted molar refractivity (Wildman–Crippen MR) is 99.5 cm³/mol. The van der Waals surface area contributed by atoms with Gasteiger partial charge in [-0.3, -0.25) is 0 Å². The second-order valence-corrected chi connectivity index (χ2v) is 6.67. The highest BCUT2D eigenvalue weighted by molar-refractivity contribution is 5.95. The van der Waals surface area contributed by atoms with Gasteiger partial charge in [-0.1, -0.05) is 6.07 Å². The number of hydrogen-bond donors (Lipinski definition) is 0. The predicted octanol–water partition coefficient (Wildman–Crippen LogP) is 5.98. The van der Waals surface area contributed by atoms with Crippen LogP contribution in [0.4, 0.5) is 26.3 Å². The lowest BCUT2D eigenvalue weighted by molar-refractivity contribution is -0.142. The molecule has 0 N–H and O–H groups in total. The molecule has 160 valence electrons. The second kappa shape index (κ2) is 7.00. The lowest BCUT2D eigenvalue weighted by Crippen LogP contribution is -2.12. The van der Waals surface area contributed by atoms with Gasteiger partial charge in [0.1, 0.15) is 0 Å². The van der Waals surface area contributed by atoms with E-state index in [0.29, 0.717) is 11.6 Å². The van der Waals surface area contributed by atoms with Crippen LogP contribution in [-0.4, -0.2) is 22.5 Å². The van der Waals surface area contributed by atoms with Crippen molar-refractivity contribution in [2.24, 2.45) is 0 Å². The minimum absolute atomic E-state index is 0.0749. The van der Waals surface area contributed by atoms with E-state index in [9.17, 15) is 31.1 Å². The van der Waals surface area contributed by atoms with Crippen molar-refractivity contribution < 1.29 is 35.9 Å². The highest BCUT2D eigenvalue weighted by Gasteiger charge is 2.39. The van der Waals surface area contributed by atoms with Crippen LogP contribution >= 0.6 is 0 Å². The first kappa shape index (κ1) is 20.7. The van der Waals surface area contributed by atoms with E-state index >= 15 is 0 Å². The fraction of sp³-hybridized carbons (Fsp3) is 0.143. The van der Waals surface area contributed by atoms with Gasteiger partial charge in [-0.05, 0) is 42.5 Å². The molecule has 4 aromatic rings. The molecule has 0 atom stereocenters. The molecule has 0 unspecified atom stereocenters. The van der Waals surface area contributed by atoms with Crippen molar-refractivity contribution in [3.8, 4) is 11.3 Å². The van der Waals surface area contributed by atoms with Crippen LogP contribution in [0.2, 0.25) is 0 Å². The molecule has 0 aliphatic heterocycles. The molecular weight excluding hydrogens is 426 g/mol. The molecular formula is C21H12F6N2O2. The topological polar surface area (TPSA) is 43.6 Å². The summed E-state index contributed by atoms with van der Waals surface area (Å²) in [6, 6.07) is 8.89. The number of aromatic nitrogens is 2. The van der Waals surface area contributed by atoms with Crippen molar-refractivity contribution in [2.75, 3.05) is 7.11 Å². The van der Waals surface area contributed by atoms with Gasteiger partial charge < -0.3 is 9.14 Å². The Morgan fingerprint density at radius 2 is 1.68 bits per heavy atom. The molecule has 0 radical (unpaired) electrons. The van der Waals surface area contributed by atoms with Crippen LogP contribution < -0.4 is 0 Å². The molecule has 31 heavy (non-hydrogen) atoms. The summed E-state index contributed by atoms with van der Waals surface area (Å²) in [6.07, 6.45) is -8.40. The third-order valence-corrected chi connectivity index (χ3v) is 4.79. The molecule has 0 amide bonds. The SMILES string of the molecule is COC(=O)c1ccc2c(c1)nc(-c1ccc(C(F)(F)F)cc1C(F)(F)F)c1cccn12. The van der Waals surface area contributed by atoms with E-state index in [1.807, 2.05) is 0 Å². The molecule has 2 aromatic carbocycles. The molecule has 0 aliphatic rings. The van der Waals surface area contributed by atoms with E-state index in [0.717, 1.165) is 6.07 Å². The summed E-state index contributed by atoms with van der Waals surface area (Å²) in [5.74, 6) is -0.664. The van der Waals surface area contributed by atoms with Crippen LogP contribution in [0.1, 0.15) is 21.5 Å². The summed E-state index contributed by atoms with van der Waals surface area (Å²) in [5.41, 5.74) is -2.47. The van der Waals surface area contributed by atoms with Crippen molar-refractivity contribution >= 4 is 22.5 Å². The van der Waals surface area contributed by atoms with Gasteiger partial charge in [0.15, 0.2) is 0 Å². The Morgan fingerprint density at radius 1 is 0.935 bits per heavy atom. The summed E-state index contributed by atoms with van der Waals surface area (Å²) in [7, 11) is 1.18. The quantitative estimate of drug-likeness (QED) is 0.286. The number of carbonyl (C=O) groups excluding carboxylic acids is 1. The average Bonchev–Trinajstić information content (AvgIpc) is 3.20. The van der Waals surface area contributed by atoms with E-state index in [2.05, 4.69) is 9.72 Å². The zero-order valence-corrected chi connectivity index (χ0v) is 15.7. The molecule has 0 aliphatic carbocycles. The molecule has 0 fully saturated rings. The highest BCUT2D eigenvalue weighted by atomic mass is 19.4. The smallest absolute Gasteiger partial charge is 0.417 e. The van der Waals surface area contributed by atoms with E-state index in [-0.39, 0.29) is 28.4 Å². The third kappa shape index (κ3) is 3.58. The van der Waals surface area contributed by atoms with Crippen molar-refractivity contribution in [2.45, 2.75) is 12.4 Å². The van der Waals surface area contributed by atoms with Gasteiger partial charge in [0.2, 0.25) is 0 Å². The second-order valence-electron chi connectivity index (χ2n) is 6.67. The number of hydrogen-bond acceptors (Lipinski definition) is 3. The van der Waals surface area contributed by atoms with Gasteiger partial charge in [-0.25, -0.2) is 9.78 Å². The zero-order valence-electron chi connectivity index (χ0n) is 15.7.